The van der Waals surface area contributed by atoms with Crippen LogP contribution in [0.15, 0.2) is 36.4 Å². The van der Waals surface area contributed by atoms with E-state index in [1.54, 1.807) is 7.11 Å². The Morgan fingerprint density at radius 2 is 2.14 bits per heavy atom. The van der Waals surface area contributed by atoms with Gasteiger partial charge in [0.2, 0.25) is 0 Å². The number of hydrogen-bond donors (Lipinski definition) is 2. The number of urea groups is 1. The smallest absolute Gasteiger partial charge is 0.319 e. The van der Waals surface area contributed by atoms with Gasteiger partial charge in [0.25, 0.3) is 0 Å². The van der Waals surface area contributed by atoms with Crippen molar-refractivity contribution in [2.45, 2.75) is 38.1 Å². The number of hydrogen-bond acceptors (Lipinski definition) is 3. The number of nitrogens with one attached hydrogen (secondary N) is 2. The van der Waals surface area contributed by atoms with E-state index in [-0.39, 0.29) is 6.03 Å². The summed E-state index contributed by atoms with van der Waals surface area (Å²) in [5.41, 5.74) is 6.27. The molecule has 2 amide bonds. The molecule has 1 atom stereocenters. The SMILES string of the molecule is COc1cccc2c1CCCC2CN(C)CCc1ccc2c(c1)CNC(=O)N2. The first kappa shape index (κ1) is 18.8. The zero-order chi connectivity index (χ0) is 19.5. The van der Waals surface area contributed by atoms with Crippen molar-refractivity contribution in [1.29, 1.82) is 0 Å². The minimum atomic E-state index is -0.121. The van der Waals surface area contributed by atoms with Crippen molar-refractivity contribution >= 4 is 11.7 Å². The van der Waals surface area contributed by atoms with Crippen molar-refractivity contribution in [1.82, 2.24) is 10.2 Å². The first-order valence-corrected chi connectivity index (χ1v) is 10.1. The van der Waals surface area contributed by atoms with Gasteiger partial charge in [0.1, 0.15) is 5.75 Å². The molecule has 2 aromatic rings. The standard InChI is InChI=1S/C23H29N3O2/c1-26(12-11-16-9-10-21-18(13-16)14-24-23(27)25-21)15-17-5-3-7-20-19(17)6-4-8-22(20)28-2/h4,6,8-10,13,17H,3,5,7,11-12,14-15H2,1-2H3,(H2,24,25,27). The summed E-state index contributed by atoms with van der Waals surface area (Å²) < 4.78 is 5.58. The van der Waals surface area contributed by atoms with Crippen LogP contribution in [-0.2, 0) is 19.4 Å². The van der Waals surface area contributed by atoms with Crippen LogP contribution in [0.2, 0.25) is 0 Å². The summed E-state index contributed by atoms with van der Waals surface area (Å²) in [5.74, 6) is 1.62. The third-order valence-electron chi connectivity index (χ3n) is 5.98. The summed E-state index contributed by atoms with van der Waals surface area (Å²) in [6, 6.07) is 12.7. The van der Waals surface area contributed by atoms with E-state index in [1.165, 1.54) is 29.5 Å². The van der Waals surface area contributed by atoms with Gasteiger partial charge in [0.15, 0.2) is 0 Å². The molecule has 0 fully saturated rings. The number of carbonyl (C=O) groups is 1. The molecule has 28 heavy (non-hydrogen) atoms. The highest BCUT2D eigenvalue weighted by atomic mass is 16.5. The number of fused-ring (bicyclic) bond motifs is 2. The van der Waals surface area contributed by atoms with Crippen molar-refractivity contribution in [2.24, 2.45) is 0 Å². The highest BCUT2D eigenvalue weighted by molar-refractivity contribution is 5.92. The molecule has 0 saturated carbocycles. The van der Waals surface area contributed by atoms with Crippen LogP contribution >= 0.6 is 0 Å². The normalized spacial score (nSPS) is 18.1. The molecule has 0 radical (unpaired) electrons. The van der Waals surface area contributed by atoms with Crippen LogP contribution in [0.3, 0.4) is 0 Å². The Bertz CT molecular complexity index is 865. The largest absolute Gasteiger partial charge is 0.496 e. The molecule has 148 valence electrons. The van der Waals surface area contributed by atoms with Crippen LogP contribution in [0.1, 0.15) is 41.0 Å². The maximum atomic E-state index is 11.4. The first-order chi connectivity index (χ1) is 13.6. The average Bonchev–Trinajstić information content (AvgIpc) is 2.72. The highest BCUT2D eigenvalue weighted by Gasteiger charge is 2.23. The zero-order valence-electron chi connectivity index (χ0n) is 16.8. The number of likely N-dealkylation sites (N-methyl/N-ethyl adjacent to an activating group) is 1. The lowest BCUT2D eigenvalue weighted by Gasteiger charge is -2.30. The summed E-state index contributed by atoms with van der Waals surface area (Å²) in [5, 5.41) is 5.69. The monoisotopic (exact) mass is 379 g/mol. The second kappa shape index (κ2) is 8.23. The predicted molar refractivity (Wildman–Crippen MR) is 112 cm³/mol. The van der Waals surface area contributed by atoms with Crippen molar-refractivity contribution < 1.29 is 9.53 Å². The minimum Gasteiger partial charge on any atom is -0.496 e. The Balaban J connectivity index is 1.37. The molecule has 1 unspecified atom stereocenters. The molecule has 2 N–H and O–H groups in total. The molecule has 0 bridgehead atoms. The van der Waals surface area contributed by atoms with E-state index in [0.29, 0.717) is 12.5 Å². The number of amides is 2. The van der Waals surface area contributed by atoms with E-state index in [2.05, 4.69) is 52.9 Å². The zero-order valence-corrected chi connectivity index (χ0v) is 16.8. The maximum Gasteiger partial charge on any atom is 0.319 e. The van der Waals surface area contributed by atoms with E-state index in [0.717, 1.165) is 42.9 Å². The Labute approximate surface area is 167 Å². The van der Waals surface area contributed by atoms with Gasteiger partial charge < -0.3 is 20.3 Å². The van der Waals surface area contributed by atoms with Gasteiger partial charge in [-0.05, 0) is 73.0 Å². The maximum absolute atomic E-state index is 11.4. The second-order valence-electron chi connectivity index (χ2n) is 7.93. The number of benzene rings is 2. The van der Waals surface area contributed by atoms with Gasteiger partial charge in [-0.3, -0.25) is 0 Å². The van der Waals surface area contributed by atoms with Gasteiger partial charge in [-0.15, -0.1) is 0 Å². The fourth-order valence-electron chi connectivity index (χ4n) is 4.49. The Hall–Kier alpha value is -2.53. The van der Waals surface area contributed by atoms with Crippen molar-refractivity contribution in [3.8, 4) is 5.75 Å². The number of nitrogens with zero attached hydrogens (tertiary/aromatic N) is 1. The number of rotatable bonds is 6. The van der Waals surface area contributed by atoms with Crippen molar-refractivity contribution in [3.05, 3.63) is 58.7 Å². The quantitative estimate of drug-likeness (QED) is 0.800. The fourth-order valence-corrected chi connectivity index (χ4v) is 4.49. The van der Waals surface area contributed by atoms with Gasteiger partial charge >= 0.3 is 6.03 Å². The average molecular weight is 380 g/mol. The molecule has 5 nitrogen and oxygen atoms in total. The van der Waals surface area contributed by atoms with Gasteiger partial charge in [0, 0.05) is 25.3 Å². The summed E-state index contributed by atoms with van der Waals surface area (Å²) in [4.78, 5) is 13.8. The van der Waals surface area contributed by atoms with Gasteiger partial charge in [-0.25, -0.2) is 4.79 Å². The summed E-state index contributed by atoms with van der Waals surface area (Å²) in [6.45, 7) is 2.70. The van der Waals surface area contributed by atoms with Crippen LogP contribution in [0.4, 0.5) is 10.5 Å². The molecule has 0 spiro atoms. The Morgan fingerprint density at radius 3 is 3.00 bits per heavy atom. The molecule has 1 heterocycles. The molecule has 2 aliphatic rings. The summed E-state index contributed by atoms with van der Waals surface area (Å²) in [7, 11) is 3.99. The highest BCUT2D eigenvalue weighted by Crippen LogP contribution is 2.36. The third kappa shape index (κ3) is 3.99. The number of ether oxygens (including phenoxy) is 1. The van der Waals surface area contributed by atoms with Gasteiger partial charge in [-0.1, -0.05) is 24.3 Å². The number of methoxy groups -OCH3 is 1. The van der Waals surface area contributed by atoms with Gasteiger partial charge in [0.05, 0.1) is 7.11 Å². The minimum absolute atomic E-state index is 0.121. The lowest BCUT2D eigenvalue weighted by atomic mass is 9.82. The van der Waals surface area contributed by atoms with E-state index in [1.807, 2.05) is 6.07 Å². The molecular weight excluding hydrogens is 350 g/mol. The number of anilines is 1. The molecule has 1 aliphatic heterocycles. The third-order valence-corrected chi connectivity index (χ3v) is 5.98. The molecule has 1 aliphatic carbocycles. The Kier molecular flexibility index (Phi) is 5.53. The summed E-state index contributed by atoms with van der Waals surface area (Å²) in [6.07, 6.45) is 4.61. The molecular formula is C23H29N3O2. The van der Waals surface area contributed by atoms with Crippen molar-refractivity contribution in [2.75, 3.05) is 32.6 Å². The van der Waals surface area contributed by atoms with E-state index >= 15 is 0 Å². The van der Waals surface area contributed by atoms with Crippen LogP contribution in [-0.4, -0.2) is 38.2 Å². The summed E-state index contributed by atoms with van der Waals surface area (Å²) >= 11 is 0. The molecule has 4 rings (SSSR count). The van der Waals surface area contributed by atoms with Crippen LogP contribution in [0, 0.1) is 0 Å². The molecule has 0 saturated heterocycles. The van der Waals surface area contributed by atoms with E-state index in [9.17, 15) is 4.79 Å². The van der Waals surface area contributed by atoms with Crippen molar-refractivity contribution in [3.63, 3.8) is 0 Å². The first-order valence-electron chi connectivity index (χ1n) is 10.1. The molecule has 0 aromatic heterocycles. The second-order valence-corrected chi connectivity index (χ2v) is 7.93. The lowest BCUT2D eigenvalue weighted by Crippen LogP contribution is -2.33. The Morgan fingerprint density at radius 1 is 1.25 bits per heavy atom. The van der Waals surface area contributed by atoms with Crippen LogP contribution < -0.4 is 15.4 Å². The van der Waals surface area contributed by atoms with Gasteiger partial charge in [-0.2, -0.15) is 0 Å². The molecule has 5 heteroatoms. The van der Waals surface area contributed by atoms with E-state index < -0.39 is 0 Å². The van der Waals surface area contributed by atoms with Crippen LogP contribution in [0.25, 0.3) is 0 Å². The fraction of sp³-hybridized carbons (Fsp3) is 0.435. The van der Waals surface area contributed by atoms with Crippen LogP contribution in [0.5, 0.6) is 5.75 Å². The topological polar surface area (TPSA) is 53.6 Å². The predicted octanol–water partition coefficient (Wildman–Crippen LogP) is 3.92. The van der Waals surface area contributed by atoms with E-state index in [4.69, 9.17) is 4.74 Å². The molecule has 2 aromatic carbocycles. The number of carbonyl (C=O) groups excluding carboxylic acids is 1. The lowest BCUT2D eigenvalue weighted by molar-refractivity contribution is 0.251.